The lowest BCUT2D eigenvalue weighted by Gasteiger charge is -2.32. The summed E-state index contributed by atoms with van der Waals surface area (Å²) in [5, 5.41) is 22.4. The van der Waals surface area contributed by atoms with Crippen molar-refractivity contribution in [1.82, 2.24) is 4.98 Å². The number of aliphatic hydroxyl groups excluding tert-OH is 1. The molecule has 0 spiro atoms. The second-order valence-corrected chi connectivity index (χ2v) is 6.61. The predicted octanol–water partition coefficient (Wildman–Crippen LogP) is 2.47. The van der Waals surface area contributed by atoms with Gasteiger partial charge >= 0.3 is 0 Å². The van der Waals surface area contributed by atoms with Gasteiger partial charge in [-0.05, 0) is 49.6 Å². The number of carbonyl (C=O) groups excluding carboxylic acids is 1. The van der Waals surface area contributed by atoms with Crippen molar-refractivity contribution >= 4 is 11.6 Å². The number of aryl methyl sites for hydroxylation is 1. The summed E-state index contributed by atoms with van der Waals surface area (Å²) < 4.78 is 5.75. The standard InChI is InChI=1S/C21H22N4O3/c1-4-28-21-18-17(15-6-5-13(8-22)7-14(15)10-26)16(20(23)27)12(3)25-19(18)11(2)9-24-21/h5-7,9,17,25-26H,4,10H2,1-3H3,(H2,23,27)/t17-/m1/s1. The maximum absolute atomic E-state index is 12.4. The summed E-state index contributed by atoms with van der Waals surface area (Å²) in [4.78, 5) is 16.8. The number of allylic oxidation sites excluding steroid dienone is 1. The number of aromatic nitrogens is 1. The lowest BCUT2D eigenvalue weighted by Crippen LogP contribution is -2.29. The topological polar surface area (TPSA) is 121 Å². The molecule has 0 bridgehead atoms. The largest absolute Gasteiger partial charge is 0.478 e. The van der Waals surface area contributed by atoms with Crippen LogP contribution < -0.4 is 15.8 Å². The first kappa shape index (κ1) is 19.4. The molecule has 0 saturated heterocycles. The van der Waals surface area contributed by atoms with Gasteiger partial charge in [-0.2, -0.15) is 5.26 Å². The fourth-order valence-corrected chi connectivity index (χ4v) is 3.64. The van der Waals surface area contributed by atoms with Crippen LogP contribution in [0.15, 0.2) is 35.7 Å². The van der Waals surface area contributed by atoms with Crippen LogP contribution in [-0.2, 0) is 11.4 Å². The number of hydrogen-bond acceptors (Lipinski definition) is 6. The van der Waals surface area contributed by atoms with E-state index < -0.39 is 11.8 Å². The first-order valence-electron chi connectivity index (χ1n) is 8.96. The molecule has 28 heavy (non-hydrogen) atoms. The van der Waals surface area contributed by atoms with Crippen LogP contribution >= 0.6 is 0 Å². The molecule has 144 valence electrons. The smallest absolute Gasteiger partial charge is 0.247 e. The van der Waals surface area contributed by atoms with Gasteiger partial charge in [-0.15, -0.1) is 0 Å². The fourth-order valence-electron chi connectivity index (χ4n) is 3.64. The maximum Gasteiger partial charge on any atom is 0.247 e. The van der Waals surface area contributed by atoms with E-state index in [-0.39, 0.29) is 6.61 Å². The zero-order valence-corrected chi connectivity index (χ0v) is 16.0. The number of aliphatic hydroxyl groups is 1. The molecule has 2 heterocycles. The molecule has 1 aliphatic heterocycles. The number of ether oxygens (including phenoxy) is 1. The summed E-state index contributed by atoms with van der Waals surface area (Å²) in [5.41, 5.74) is 10.8. The number of nitrogens with two attached hydrogens (primary N) is 1. The van der Waals surface area contributed by atoms with E-state index in [4.69, 9.17) is 10.5 Å². The van der Waals surface area contributed by atoms with Crippen molar-refractivity contribution in [1.29, 1.82) is 5.26 Å². The molecule has 1 amide bonds. The number of nitrogens with one attached hydrogen (secondary N) is 1. The van der Waals surface area contributed by atoms with Gasteiger partial charge in [-0.3, -0.25) is 4.79 Å². The molecule has 0 radical (unpaired) electrons. The number of hydrogen-bond donors (Lipinski definition) is 3. The zero-order valence-electron chi connectivity index (χ0n) is 16.0. The van der Waals surface area contributed by atoms with Gasteiger partial charge < -0.3 is 20.9 Å². The lowest BCUT2D eigenvalue weighted by molar-refractivity contribution is -0.114. The lowest BCUT2D eigenvalue weighted by atomic mass is 9.78. The van der Waals surface area contributed by atoms with Crippen molar-refractivity contribution in [2.24, 2.45) is 5.73 Å². The number of amides is 1. The summed E-state index contributed by atoms with van der Waals surface area (Å²) in [6, 6.07) is 7.10. The van der Waals surface area contributed by atoms with Crippen LogP contribution in [0.2, 0.25) is 0 Å². The number of nitrogens with zero attached hydrogens (tertiary/aromatic N) is 2. The van der Waals surface area contributed by atoms with Gasteiger partial charge in [0.1, 0.15) is 0 Å². The van der Waals surface area contributed by atoms with Crippen molar-refractivity contribution in [2.45, 2.75) is 33.3 Å². The molecule has 0 unspecified atom stereocenters. The number of rotatable bonds is 5. The van der Waals surface area contributed by atoms with Gasteiger partial charge in [0.15, 0.2) is 0 Å². The van der Waals surface area contributed by atoms with Gasteiger partial charge in [-0.1, -0.05) is 6.07 Å². The Labute approximate surface area is 163 Å². The Kier molecular flexibility index (Phi) is 5.34. The number of pyridine rings is 1. The van der Waals surface area contributed by atoms with Crippen molar-refractivity contribution < 1.29 is 14.6 Å². The van der Waals surface area contributed by atoms with Gasteiger partial charge in [0, 0.05) is 23.4 Å². The van der Waals surface area contributed by atoms with E-state index in [9.17, 15) is 15.2 Å². The quantitative estimate of drug-likeness (QED) is 0.735. The molecule has 1 atom stereocenters. The summed E-state index contributed by atoms with van der Waals surface area (Å²) in [5.74, 6) is -0.740. The van der Waals surface area contributed by atoms with E-state index in [0.717, 1.165) is 11.3 Å². The molecule has 2 aromatic rings. The third-order valence-electron chi connectivity index (χ3n) is 4.86. The summed E-state index contributed by atoms with van der Waals surface area (Å²) in [6.45, 7) is 5.69. The van der Waals surface area contributed by atoms with Crippen molar-refractivity contribution in [2.75, 3.05) is 11.9 Å². The van der Waals surface area contributed by atoms with E-state index in [1.807, 2.05) is 13.8 Å². The van der Waals surface area contributed by atoms with Crippen LogP contribution in [0.25, 0.3) is 0 Å². The highest BCUT2D eigenvalue weighted by molar-refractivity contribution is 5.98. The number of benzene rings is 1. The van der Waals surface area contributed by atoms with Crippen molar-refractivity contribution in [3.05, 3.63) is 63.5 Å². The number of fused-ring (bicyclic) bond motifs is 1. The van der Waals surface area contributed by atoms with Gasteiger partial charge in [0.05, 0.1) is 36.1 Å². The summed E-state index contributed by atoms with van der Waals surface area (Å²) in [6.07, 6.45) is 1.71. The normalized spacial score (nSPS) is 15.5. The molecule has 3 rings (SSSR count). The third-order valence-corrected chi connectivity index (χ3v) is 4.86. The average Bonchev–Trinajstić information content (AvgIpc) is 2.68. The van der Waals surface area contributed by atoms with E-state index in [1.165, 1.54) is 0 Å². The van der Waals surface area contributed by atoms with Crippen LogP contribution in [-0.4, -0.2) is 22.6 Å². The maximum atomic E-state index is 12.4. The minimum absolute atomic E-state index is 0.279. The number of anilines is 1. The Morgan fingerprint density at radius 3 is 2.79 bits per heavy atom. The average molecular weight is 378 g/mol. The molecule has 1 aromatic carbocycles. The number of carbonyl (C=O) groups is 1. The van der Waals surface area contributed by atoms with Crippen LogP contribution in [0, 0.1) is 18.3 Å². The Morgan fingerprint density at radius 2 is 2.18 bits per heavy atom. The second kappa shape index (κ2) is 7.71. The van der Waals surface area contributed by atoms with Crippen LogP contribution in [0.4, 0.5) is 5.69 Å². The number of primary amides is 1. The highest BCUT2D eigenvalue weighted by Crippen LogP contribution is 2.47. The van der Waals surface area contributed by atoms with Crippen LogP contribution in [0.3, 0.4) is 0 Å². The molecule has 7 nitrogen and oxygen atoms in total. The van der Waals surface area contributed by atoms with Gasteiger partial charge in [0.2, 0.25) is 11.8 Å². The minimum Gasteiger partial charge on any atom is -0.478 e. The first-order valence-corrected chi connectivity index (χ1v) is 8.96. The Balaban J connectivity index is 2.37. The highest BCUT2D eigenvalue weighted by atomic mass is 16.5. The third kappa shape index (κ3) is 3.19. The van der Waals surface area contributed by atoms with Crippen LogP contribution in [0.1, 0.15) is 47.6 Å². The van der Waals surface area contributed by atoms with E-state index >= 15 is 0 Å². The summed E-state index contributed by atoms with van der Waals surface area (Å²) >= 11 is 0. The summed E-state index contributed by atoms with van der Waals surface area (Å²) in [7, 11) is 0. The molecule has 1 aliphatic rings. The molecule has 0 saturated carbocycles. The number of nitriles is 1. The Bertz CT molecular complexity index is 1020. The van der Waals surface area contributed by atoms with E-state index in [1.54, 1.807) is 31.3 Å². The Morgan fingerprint density at radius 1 is 1.43 bits per heavy atom. The Hall–Kier alpha value is -3.37. The second-order valence-electron chi connectivity index (χ2n) is 6.61. The molecule has 4 N–H and O–H groups in total. The van der Waals surface area contributed by atoms with E-state index in [0.29, 0.717) is 46.0 Å². The monoisotopic (exact) mass is 378 g/mol. The van der Waals surface area contributed by atoms with Gasteiger partial charge in [-0.25, -0.2) is 4.98 Å². The van der Waals surface area contributed by atoms with Crippen LogP contribution in [0.5, 0.6) is 5.88 Å². The molecule has 1 aromatic heterocycles. The highest BCUT2D eigenvalue weighted by Gasteiger charge is 2.36. The van der Waals surface area contributed by atoms with E-state index in [2.05, 4.69) is 16.4 Å². The van der Waals surface area contributed by atoms with Crippen molar-refractivity contribution in [3.63, 3.8) is 0 Å². The first-order chi connectivity index (χ1) is 13.4. The van der Waals surface area contributed by atoms with Gasteiger partial charge in [0.25, 0.3) is 0 Å². The fraction of sp³-hybridized carbons (Fsp3) is 0.286. The zero-order chi connectivity index (χ0) is 20.4. The minimum atomic E-state index is -0.572. The molecule has 0 aliphatic carbocycles. The molecule has 7 heteroatoms. The SMILES string of the molecule is CCOc1ncc(C)c2c1[C@H](c1ccc(C#N)cc1CO)C(C(N)=O)=C(C)N2. The predicted molar refractivity (Wildman–Crippen MR) is 105 cm³/mol. The molecular weight excluding hydrogens is 356 g/mol. The molecular formula is C21H22N4O3. The molecule has 0 fully saturated rings. The van der Waals surface area contributed by atoms with Crippen molar-refractivity contribution in [3.8, 4) is 11.9 Å².